The van der Waals surface area contributed by atoms with Crippen molar-refractivity contribution >= 4 is 17.5 Å². The zero-order valence-corrected chi connectivity index (χ0v) is 16.3. The van der Waals surface area contributed by atoms with Crippen LogP contribution < -0.4 is 5.32 Å². The Labute approximate surface area is 162 Å². The first-order valence-corrected chi connectivity index (χ1v) is 9.37. The molecule has 2 heterocycles. The maximum Gasteiger partial charge on any atom is 0.255 e. The van der Waals surface area contributed by atoms with Crippen molar-refractivity contribution in [2.75, 3.05) is 0 Å². The minimum atomic E-state index is -0.171. The fourth-order valence-electron chi connectivity index (χ4n) is 3.07. The van der Waals surface area contributed by atoms with Crippen LogP contribution in [0.2, 0.25) is 5.02 Å². The van der Waals surface area contributed by atoms with Crippen molar-refractivity contribution in [2.45, 2.75) is 46.1 Å². The van der Waals surface area contributed by atoms with Gasteiger partial charge in [-0.25, -0.2) is 9.67 Å². The van der Waals surface area contributed by atoms with E-state index in [4.69, 9.17) is 16.0 Å². The molecule has 1 aliphatic rings. The largest absolute Gasteiger partial charge is 0.444 e. The van der Waals surface area contributed by atoms with Gasteiger partial charge in [-0.1, -0.05) is 17.7 Å². The lowest BCUT2D eigenvalue weighted by Crippen LogP contribution is -2.24. The Balaban J connectivity index is 1.60. The first-order chi connectivity index (χ1) is 12.9. The maximum absolute atomic E-state index is 12.8. The Morgan fingerprint density at radius 1 is 1.33 bits per heavy atom. The Hall–Kier alpha value is -2.60. The van der Waals surface area contributed by atoms with Crippen molar-refractivity contribution < 1.29 is 9.21 Å². The number of benzene rings is 1. The lowest BCUT2D eigenvalue weighted by Gasteiger charge is -2.10. The molecule has 0 saturated heterocycles. The Morgan fingerprint density at radius 2 is 2.11 bits per heavy atom. The van der Waals surface area contributed by atoms with Crippen molar-refractivity contribution in [3.8, 4) is 5.69 Å². The lowest BCUT2D eigenvalue weighted by atomic mass is 10.1. The van der Waals surface area contributed by atoms with E-state index in [1.165, 1.54) is 0 Å². The predicted octanol–water partition coefficient (Wildman–Crippen LogP) is 4.25. The fraction of sp³-hybridized carbons (Fsp3) is 0.350. The average molecular weight is 385 g/mol. The van der Waals surface area contributed by atoms with Crippen molar-refractivity contribution in [2.24, 2.45) is 0 Å². The molecule has 0 atom stereocenters. The summed E-state index contributed by atoms with van der Waals surface area (Å²) in [6.07, 6.45) is 3.75. The Morgan fingerprint density at radius 3 is 2.74 bits per heavy atom. The van der Waals surface area contributed by atoms with Gasteiger partial charge in [-0.3, -0.25) is 4.79 Å². The van der Waals surface area contributed by atoms with Gasteiger partial charge in [0.25, 0.3) is 5.91 Å². The van der Waals surface area contributed by atoms with Crippen LogP contribution in [0.3, 0.4) is 0 Å². The molecule has 0 aliphatic heterocycles. The van der Waals surface area contributed by atoms with E-state index in [1.807, 2.05) is 43.7 Å². The summed E-state index contributed by atoms with van der Waals surface area (Å²) in [5, 5.41) is 8.05. The molecule has 1 amide bonds. The third-order valence-electron chi connectivity index (χ3n) is 4.89. The SMILES string of the molecule is Cc1ccc(-n2ncc(C(=O)NCc3nc(C)c(C)o3)c2C2CC2)cc1Cl. The highest BCUT2D eigenvalue weighted by Crippen LogP contribution is 2.42. The summed E-state index contributed by atoms with van der Waals surface area (Å²) in [7, 11) is 0. The molecule has 140 valence electrons. The monoisotopic (exact) mass is 384 g/mol. The molecule has 0 radical (unpaired) electrons. The molecule has 1 fully saturated rings. The molecule has 1 aliphatic carbocycles. The topological polar surface area (TPSA) is 73.0 Å². The van der Waals surface area contributed by atoms with Crippen LogP contribution in [-0.4, -0.2) is 20.7 Å². The summed E-state index contributed by atoms with van der Waals surface area (Å²) in [5.41, 5.74) is 4.24. The van der Waals surface area contributed by atoms with Gasteiger partial charge in [-0.05, 0) is 51.3 Å². The van der Waals surface area contributed by atoms with Crippen molar-refractivity contribution in [1.82, 2.24) is 20.1 Å². The fourth-order valence-corrected chi connectivity index (χ4v) is 3.24. The molecule has 1 aromatic carbocycles. The molecule has 0 bridgehead atoms. The molecule has 1 saturated carbocycles. The number of nitrogens with one attached hydrogen (secondary N) is 1. The zero-order chi connectivity index (χ0) is 19.1. The number of aromatic nitrogens is 3. The number of nitrogens with zero attached hydrogens (tertiary/aromatic N) is 3. The van der Waals surface area contributed by atoms with Crippen molar-refractivity contribution in [1.29, 1.82) is 0 Å². The van der Waals surface area contributed by atoms with Crippen molar-refractivity contribution in [3.05, 3.63) is 63.6 Å². The molecule has 7 heteroatoms. The minimum absolute atomic E-state index is 0.171. The minimum Gasteiger partial charge on any atom is -0.444 e. The van der Waals surface area contributed by atoms with Gasteiger partial charge < -0.3 is 9.73 Å². The predicted molar refractivity (Wildman–Crippen MR) is 102 cm³/mol. The summed E-state index contributed by atoms with van der Waals surface area (Å²) < 4.78 is 7.36. The molecule has 0 unspecified atom stereocenters. The standard InChI is InChI=1S/C20H21ClN4O2/c1-11-4-7-15(8-17(11)21)25-19(14-5-6-14)16(9-23-25)20(26)22-10-18-24-12(2)13(3)27-18/h4,7-9,14H,5-6,10H2,1-3H3,(H,22,26). The quantitative estimate of drug-likeness (QED) is 0.713. The van der Waals surface area contributed by atoms with E-state index in [-0.39, 0.29) is 12.5 Å². The van der Waals surface area contributed by atoms with Gasteiger partial charge in [-0.2, -0.15) is 5.10 Å². The highest BCUT2D eigenvalue weighted by Gasteiger charge is 2.33. The molecule has 1 N–H and O–H groups in total. The molecule has 0 spiro atoms. The number of hydrogen-bond donors (Lipinski definition) is 1. The van der Waals surface area contributed by atoms with Crippen LogP contribution in [0, 0.1) is 20.8 Å². The Kier molecular flexibility index (Phi) is 4.52. The smallest absolute Gasteiger partial charge is 0.255 e. The number of halogens is 1. The first kappa shape index (κ1) is 17.8. The van der Waals surface area contributed by atoms with Crippen LogP contribution in [0.4, 0.5) is 0 Å². The van der Waals surface area contributed by atoms with Gasteiger partial charge in [0.05, 0.1) is 35.4 Å². The van der Waals surface area contributed by atoms with E-state index >= 15 is 0 Å². The molecule has 3 aromatic rings. The normalized spacial score (nSPS) is 13.8. The second-order valence-electron chi connectivity index (χ2n) is 6.99. The van der Waals surface area contributed by atoms with Crippen molar-refractivity contribution in [3.63, 3.8) is 0 Å². The molecular formula is C20H21ClN4O2. The van der Waals surface area contributed by atoms with E-state index in [0.29, 0.717) is 22.4 Å². The third-order valence-corrected chi connectivity index (χ3v) is 5.30. The second kappa shape index (κ2) is 6.85. The molecule has 4 rings (SSSR count). The summed E-state index contributed by atoms with van der Waals surface area (Å²) in [6, 6.07) is 5.82. The van der Waals surface area contributed by atoms with Gasteiger partial charge in [0.1, 0.15) is 5.76 Å². The van der Waals surface area contributed by atoms with E-state index in [0.717, 1.165) is 41.2 Å². The molecule has 6 nitrogen and oxygen atoms in total. The van der Waals surface area contributed by atoms with Gasteiger partial charge in [0.15, 0.2) is 0 Å². The lowest BCUT2D eigenvalue weighted by molar-refractivity contribution is 0.0946. The number of rotatable bonds is 5. The average Bonchev–Trinajstić information content (AvgIpc) is 3.30. The van der Waals surface area contributed by atoms with Crippen LogP contribution in [0.25, 0.3) is 5.69 Å². The van der Waals surface area contributed by atoms with Gasteiger partial charge in [0.2, 0.25) is 5.89 Å². The summed E-state index contributed by atoms with van der Waals surface area (Å²) in [4.78, 5) is 17.1. The van der Waals surface area contributed by atoms with Gasteiger partial charge in [0, 0.05) is 10.9 Å². The highest BCUT2D eigenvalue weighted by atomic mass is 35.5. The maximum atomic E-state index is 12.8. The number of carbonyl (C=O) groups is 1. The van der Waals surface area contributed by atoms with E-state index < -0.39 is 0 Å². The number of hydrogen-bond acceptors (Lipinski definition) is 4. The number of amides is 1. The Bertz CT molecular complexity index is 998. The summed E-state index contributed by atoms with van der Waals surface area (Å²) in [5.74, 6) is 1.44. The van der Waals surface area contributed by atoms with Gasteiger partial charge in [-0.15, -0.1) is 0 Å². The van der Waals surface area contributed by atoms with Crippen LogP contribution in [0.1, 0.15) is 57.7 Å². The highest BCUT2D eigenvalue weighted by molar-refractivity contribution is 6.31. The number of oxazole rings is 1. The summed E-state index contributed by atoms with van der Waals surface area (Å²) in [6.45, 7) is 5.95. The number of carbonyl (C=O) groups excluding carboxylic acids is 1. The molecular weight excluding hydrogens is 364 g/mol. The number of aryl methyl sites for hydroxylation is 3. The van der Waals surface area contributed by atoms with Crippen LogP contribution in [-0.2, 0) is 6.54 Å². The second-order valence-corrected chi connectivity index (χ2v) is 7.40. The van der Waals surface area contributed by atoms with E-state index in [9.17, 15) is 4.79 Å². The van der Waals surface area contributed by atoms with Crippen LogP contribution in [0.5, 0.6) is 0 Å². The van der Waals surface area contributed by atoms with Gasteiger partial charge >= 0.3 is 0 Å². The third kappa shape index (κ3) is 3.49. The molecule has 27 heavy (non-hydrogen) atoms. The van der Waals surface area contributed by atoms with E-state index in [2.05, 4.69) is 15.4 Å². The van der Waals surface area contributed by atoms with Crippen LogP contribution in [0.15, 0.2) is 28.8 Å². The first-order valence-electron chi connectivity index (χ1n) is 8.99. The zero-order valence-electron chi connectivity index (χ0n) is 15.5. The van der Waals surface area contributed by atoms with E-state index in [1.54, 1.807) is 6.20 Å². The van der Waals surface area contributed by atoms with Crippen LogP contribution >= 0.6 is 11.6 Å². The molecule has 2 aromatic heterocycles. The summed E-state index contributed by atoms with van der Waals surface area (Å²) >= 11 is 6.28.